The van der Waals surface area contributed by atoms with E-state index >= 15 is 0 Å². The van der Waals surface area contributed by atoms with Crippen molar-refractivity contribution in [2.45, 2.75) is 33.0 Å². The summed E-state index contributed by atoms with van der Waals surface area (Å²) < 4.78 is 25.0. The monoisotopic (exact) mass is 361 g/mol. The van der Waals surface area contributed by atoms with Gasteiger partial charge >= 0.3 is 5.97 Å². The van der Waals surface area contributed by atoms with Crippen LogP contribution in [0.25, 0.3) is 0 Å². The van der Waals surface area contributed by atoms with Crippen molar-refractivity contribution in [1.29, 1.82) is 0 Å². The first-order valence-electron chi connectivity index (χ1n) is 8.42. The van der Waals surface area contributed by atoms with Crippen LogP contribution in [-0.4, -0.2) is 24.2 Å². The van der Waals surface area contributed by atoms with Crippen LogP contribution in [0.15, 0.2) is 42.5 Å². The minimum atomic E-state index is -0.906. The summed E-state index contributed by atoms with van der Waals surface area (Å²) in [7, 11) is 1.52. The van der Waals surface area contributed by atoms with Gasteiger partial charge in [0.15, 0.2) is 11.5 Å². The number of ether oxygens (including phenoxy) is 2. The van der Waals surface area contributed by atoms with Crippen LogP contribution in [0.1, 0.15) is 25.0 Å². The van der Waals surface area contributed by atoms with Gasteiger partial charge in [-0.15, -0.1) is 0 Å². The van der Waals surface area contributed by atoms with E-state index in [1.165, 1.54) is 13.2 Å². The van der Waals surface area contributed by atoms with Crippen LogP contribution >= 0.6 is 0 Å². The van der Waals surface area contributed by atoms with E-state index in [1.54, 1.807) is 30.3 Å². The summed E-state index contributed by atoms with van der Waals surface area (Å²) in [5.74, 6) is -0.332. The number of methoxy groups -OCH3 is 1. The van der Waals surface area contributed by atoms with Crippen LogP contribution in [-0.2, 0) is 17.9 Å². The molecular weight excluding hydrogens is 337 g/mol. The average Bonchev–Trinajstić information content (AvgIpc) is 2.61. The predicted molar refractivity (Wildman–Crippen MR) is 96.8 cm³/mol. The fourth-order valence-electron chi connectivity index (χ4n) is 2.62. The van der Waals surface area contributed by atoms with Gasteiger partial charge in [0.25, 0.3) is 0 Å². The van der Waals surface area contributed by atoms with Gasteiger partial charge < -0.3 is 14.6 Å². The molecule has 2 N–H and O–H groups in total. The fourth-order valence-corrected chi connectivity index (χ4v) is 2.62. The van der Waals surface area contributed by atoms with Crippen LogP contribution in [0.4, 0.5) is 4.39 Å². The molecule has 5 nitrogen and oxygen atoms in total. The highest BCUT2D eigenvalue weighted by Gasteiger charge is 2.21. The second-order valence-electron chi connectivity index (χ2n) is 6.27. The largest absolute Gasteiger partial charge is 0.493 e. The first kappa shape index (κ1) is 19.7. The van der Waals surface area contributed by atoms with Crippen molar-refractivity contribution in [1.82, 2.24) is 5.32 Å². The zero-order valence-corrected chi connectivity index (χ0v) is 15.2. The Morgan fingerprint density at radius 2 is 1.85 bits per heavy atom. The smallest absolute Gasteiger partial charge is 0.320 e. The molecule has 140 valence electrons. The Balaban J connectivity index is 2.19. The van der Waals surface area contributed by atoms with Gasteiger partial charge in [0.05, 0.1) is 7.11 Å². The Bertz CT molecular complexity index is 748. The number of rotatable bonds is 9. The molecule has 0 aliphatic heterocycles. The fraction of sp³-hybridized carbons (Fsp3) is 0.350. The number of hydrogen-bond acceptors (Lipinski definition) is 4. The van der Waals surface area contributed by atoms with Crippen molar-refractivity contribution < 1.29 is 23.8 Å². The lowest BCUT2D eigenvalue weighted by Crippen LogP contribution is -2.40. The Morgan fingerprint density at radius 3 is 2.46 bits per heavy atom. The van der Waals surface area contributed by atoms with Crippen molar-refractivity contribution in [2.75, 3.05) is 7.11 Å². The average molecular weight is 361 g/mol. The Hall–Kier alpha value is -2.60. The van der Waals surface area contributed by atoms with E-state index in [4.69, 9.17) is 9.47 Å². The summed E-state index contributed by atoms with van der Waals surface area (Å²) in [4.78, 5) is 11.4. The van der Waals surface area contributed by atoms with Gasteiger partial charge in [-0.25, -0.2) is 4.39 Å². The van der Waals surface area contributed by atoms with Crippen molar-refractivity contribution in [3.8, 4) is 11.5 Å². The van der Waals surface area contributed by atoms with Crippen LogP contribution in [0.3, 0.4) is 0 Å². The highest BCUT2D eigenvalue weighted by Crippen LogP contribution is 2.32. The first-order valence-corrected chi connectivity index (χ1v) is 8.42. The van der Waals surface area contributed by atoms with E-state index in [0.29, 0.717) is 23.6 Å². The molecule has 0 radical (unpaired) electrons. The van der Waals surface area contributed by atoms with Crippen LogP contribution in [0.2, 0.25) is 0 Å². The van der Waals surface area contributed by atoms with Gasteiger partial charge in [0, 0.05) is 17.7 Å². The molecule has 2 aromatic rings. The minimum Gasteiger partial charge on any atom is -0.493 e. The maximum Gasteiger partial charge on any atom is 0.320 e. The molecule has 0 heterocycles. The number of halogens is 1. The molecule has 1 unspecified atom stereocenters. The van der Waals surface area contributed by atoms with E-state index in [2.05, 4.69) is 5.32 Å². The minimum absolute atomic E-state index is 0.0482. The third-order valence-corrected chi connectivity index (χ3v) is 4.06. The molecule has 0 saturated heterocycles. The molecule has 0 bridgehead atoms. The van der Waals surface area contributed by atoms with Gasteiger partial charge in [0.1, 0.15) is 18.5 Å². The quantitative estimate of drug-likeness (QED) is 0.714. The normalized spacial score (nSPS) is 12.0. The molecule has 0 aliphatic carbocycles. The van der Waals surface area contributed by atoms with E-state index in [-0.39, 0.29) is 18.3 Å². The second kappa shape index (κ2) is 9.20. The molecule has 0 amide bonds. The molecule has 0 aliphatic rings. The zero-order chi connectivity index (χ0) is 19.1. The number of aliphatic carboxylic acids is 1. The van der Waals surface area contributed by atoms with Crippen molar-refractivity contribution in [3.63, 3.8) is 0 Å². The molecule has 0 spiro atoms. The molecule has 2 aromatic carbocycles. The summed E-state index contributed by atoms with van der Waals surface area (Å²) in [6.07, 6.45) is 0. The van der Waals surface area contributed by atoms with Crippen LogP contribution < -0.4 is 14.8 Å². The summed E-state index contributed by atoms with van der Waals surface area (Å²) >= 11 is 0. The van der Waals surface area contributed by atoms with Gasteiger partial charge in [-0.1, -0.05) is 44.2 Å². The Morgan fingerprint density at radius 1 is 1.15 bits per heavy atom. The van der Waals surface area contributed by atoms with Crippen LogP contribution in [0.5, 0.6) is 11.5 Å². The number of benzene rings is 2. The lowest BCUT2D eigenvalue weighted by Gasteiger charge is -2.20. The molecule has 0 saturated carbocycles. The highest BCUT2D eigenvalue weighted by molar-refractivity contribution is 5.73. The summed E-state index contributed by atoms with van der Waals surface area (Å²) in [5, 5.41) is 12.3. The Labute approximate surface area is 152 Å². The van der Waals surface area contributed by atoms with Gasteiger partial charge in [-0.3, -0.25) is 10.1 Å². The maximum atomic E-state index is 13.8. The summed E-state index contributed by atoms with van der Waals surface area (Å²) in [6, 6.07) is 11.1. The van der Waals surface area contributed by atoms with Gasteiger partial charge in [-0.2, -0.15) is 0 Å². The van der Waals surface area contributed by atoms with Gasteiger partial charge in [-0.05, 0) is 18.1 Å². The molecule has 0 aromatic heterocycles. The van der Waals surface area contributed by atoms with E-state index in [1.807, 2.05) is 19.9 Å². The van der Waals surface area contributed by atoms with E-state index in [9.17, 15) is 14.3 Å². The lowest BCUT2D eigenvalue weighted by atomic mass is 10.0. The topological polar surface area (TPSA) is 67.8 Å². The zero-order valence-electron chi connectivity index (χ0n) is 15.2. The SMILES string of the molecule is COc1cccc(CNC(C(=O)O)C(C)C)c1OCc1ccccc1F. The number of para-hydroxylation sites is 1. The molecule has 26 heavy (non-hydrogen) atoms. The van der Waals surface area contributed by atoms with Crippen molar-refractivity contribution in [3.05, 3.63) is 59.4 Å². The summed E-state index contributed by atoms with van der Waals surface area (Å²) in [6.45, 7) is 4.02. The molecule has 6 heteroatoms. The lowest BCUT2D eigenvalue weighted by molar-refractivity contribution is -0.140. The van der Waals surface area contributed by atoms with Crippen molar-refractivity contribution in [2.24, 2.45) is 5.92 Å². The molecule has 1 atom stereocenters. The number of carboxylic acids is 1. The standard InChI is InChI=1S/C20H24FNO4/c1-13(2)18(20(23)24)22-11-14-8-6-10-17(25-3)19(14)26-12-15-7-4-5-9-16(15)21/h4-10,13,18,22H,11-12H2,1-3H3,(H,23,24). The Kier molecular flexibility index (Phi) is 6.97. The summed E-state index contributed by atoms with van der Waals surface area (Å²) in [5.41, 5.74) is 1.18. The first-order chi connectivity index (χ1) is 12.4. The predicted octanol–water partition coefficient (Wildman–Crippen LogP) is 3.61. The molecular formula is C20H24FNO4. The second-order valence-corrected chi connectivity index (χ2v) is 6.27. The number of carbonyl (C=O) groups is 1. The maximum absolute atomic E-state index is 13.8. The molecule has 2 rings (SSSR count). The number of nitrogens with one attached hydrogen (secondary N) is 1. The van der Waals surface area contributed by atoms with Crippen molar-refractivity contribution >= 4 is 5.97 Å². The van der Waals surface area contributed by atoms with Gasteiger partial charge in [0.2, 0.25) is 0 Å². The third kappa shape index (κ3) is 4.95. The van der Waals surface area contributed by atoms with E-state index < -0.39 is 12.0 Å². The van der Waals surface area contributed by atoms with E-state index in [0.717, 1.165) is 5.56 Å². The number of hydrogen-bond donors (Lipinski definition) is 2. The van der Waals surface area contributed by atoms with Crippen LogP contribution in [0, 0.1) is 11.7 Å². The third-order valence-electron chi connectivity index (χ3n) is 4.06. The highest BCUT2D eigenvalue weighted by atomic mass is 19.1. The molecule has 0 fully saturated rings. The number of carboxylic acid groups (broad SMARTS) is 1.